The summed E-state index contributed by atoms with van der Waals surface area (Å²) in [5.41, 5.74) is 6.66. The highest BCUT2D eigenvalue weighted by molar-refractivity contribution is 5.83. The number of nitrogens with one attached hydrogen (secondary N) is 1. The van der Waals surface area contributed by atoms with E-state index < -0.39 is 5.41 Å². The van der Waals surface area contributed by atoms with Gasteiger partial charge in [0.05, 0.1) is 12.5 Å². The molecule has 126 valence electrons. The van der Waals surface area contributed by atoms with Crippen molar-refractivity contribution in [2.24, 2.45) is 11.1 Å². The second-order valence-electron chi connectivity index (χ2n) is 6.76. The van der Waals surface area contributed by atoms with Gasteiger partial charge in [-0.2, -0.15) is 0 Å². The average molecular weight is 318 g/mol. The smallest absolute Gasteiger partial charge is 0.227 e. The van der Waals surface area contributed by atoms with Crippen molar-refractivity contribution < 1.29 is 14.3 Å². The van der Waals surface area contributed by atoms with Crippen LogP contribution in [0.4, 0.5) is 0 Å². The number of ether oxygens (including phenoxy) is 2. The number of rotatable bonds is 6. The normalized spacial score (nSPS) is 21.5. The summed E-state index contributed by atoms with van der Waals surface area (Å²) in [5, 5.41) is 3.17. The summed E-state index contributed by atoms with van der Waals surface area (Å²) in [7, 11) is 1.69. The van der Waals surface area contributed by atoms with Crippen LogP contribution in [0.1, 0.15) is 31.2 Å². The van der Waals surface area contributed by atoms with Crippen molar-refractivity contribution in [3.63, 3.8) is 0 Å². The molecule has 1 saturated heterocycles. The molecule has 2 aliphatic rings. The van der Waals surface area contributed by atoms with Crippen molar-refractivity contribution in [1.29, 1.82) is 0 Å². The van der Waals surface area contributed by atoms with Crippen LogP contribution >= 0.6 is 0 Å². The number of nitrogens with two attached hydrogens (primary N) is 1. The van der Waals surface area contributed by atoms with E-state index in [1.807, 2.05) is 18.2 Å². The molecule has 2 fully saturated rings. The Bertz CT molecular complexity index is 563. The molecule has 1 aromatic rings. The fraction of sp³-hybridized carbons (Fsp3) is 0.611. The van der Waals surface area contributed by atoms with Crippen LogP contribution in [0, 0.1) is 5.41 Å². The SMILES string of the molecule is COc1ccccc1C1(CNC(=O)C2(CN)CCOCC2)CC1. The number of hydrogen-bond acceptors (Lipinski definition) is 4. The molecule has 0 spiro atoms. The minimum atomic E-state index is -0.463. The topological polar surface area (TPSA) is 73.6 Å². The first-order chi connectivity index (χ1) is 11.2. The van der Waals surface area contributed by atoms with Gasteiger partial charge in [0, 0.05) is 37.3 Å². The summed E-state index contributed by atoms with van der Waals surface area (Å²) < 4.78 is 10.9. The highest BCUT2D eigenvalue weighted by Crippen LogP contribution is 2.50. The number of benzene rings is 1. The number of methoxy groups -OCH3 is 1. The van der Waals surface area contributed by atoms with Gasteiger partial charge in [0.1, 0.15) is 5.75 Å². The summed E-state index contributed by atoms with van der Waals surface area (Å²) in [5.74, 6) is 0.975. The molecule has 5 nitrogen and oxygen atoms in total. The van der Waals surface area contributed by atoms with Crippen LogP contribution in [0.3, 0.4) is 0 Å². The minimum Gasteiger partial charge on any atom is -0.496 e. The number of amides is 1. The van der Waals surface area contributed by atoms with Gasteiger partial charge in [0.15, 0.2) is 0 Å². The van der Waals surface area contributed by atoms with E-state index in [4.69, 9.17) is 15.2 Å². The van der Waals surface area contributed by atoms with E-state index in [-0.39, 0.29) is 11.3 Å². The van der Waals surface area contributed by atoms with Gasteiger partial charge in [-0.3, -0.25) is 4.79 Å². The Morgan fingerprint density at radius 1 is 1.26 bits per heavy atom. The maximum absolute atomic E-state index is 12.7. The van der Waals surface area contributed by atoms with E-state index in [0.717, 1.165) is 18.6 Å². The molecule has 0 bridgehead atoms. The molecule has 3 N–H and O–H groups in total. The molecule has 0 atom stereocenters. The third-order valence-corrected chi connectivity index (χ3v) is 5.44. The lowest BCUT2D eigenvalue weighted by Crippen LogP contribution is -2.50. The standard InChI is InChI=1S/C18H26N2O3/c1-22-15-5-3-2-4-14(15)18(6-7-18)13-20-16(21)17(12-19)8-10-23-11-9-17/h2-5H,6-13,19H2,1H3,(H,20,21). The Morgan fingerprint density at radius 2 is 1.96 bits per heavy atom. The van der Waals surface area contributed by atoms with E-state index >= 15 is 0 Å². The van der Waals surface area contributed by atoms with Crippen molar-refractivity contribution >= 4 is 5.91 Å². The van der Waals surface area contributed by atoms with Crippen molar-refractivity contribution in [3.8, 4) is 5.75 Å². The Morgan fingerprint density at radius 3 is 2.57 bits per heavy atom. The van der Waals surface area contributed by atoms with Crippen molar-refractivity contribution in [2.45, 2.75) is 31.1 Å². The van der Waals surface area contributed by atoms with E-state index in [2.05, 4.69) is 11.4 Å². The predicted octanol–water partition coefficient (Wildman–Crippen LogP) is 1.60. The molecule has 5 heteroatoms. The van der Waals surface area contributed by atoms with Gasteiger partial charge in [-0.05, 0) is 31.7 Å². The first-order valence-electron chi connectivity index (χ1n) is 8.35. The number of carbonyl (C=O) groups is 1. The van der Waals surface area contributed by atoms with E-state index in [1.54, 1.807) is 7.11 Å². The van der Waals surface area contributed by atoms with Gasteiger partial charge in [-0.25, -0.2) is 0 Å². The molecule has 1 amide bonds. The fourth-order valence-electron chi connectivity index (χ4n) is 3.50. The third kappa shape index (κ3) is 3.08. The first-order valence-corrected chi connectivity index (χ1v) is 8.35. The van der Waals surface area contributed by atoms with Gasteiger partial charge in [0.2, 0.25) is 5.91 Å². The van der Waals surface area contributed by atoms with Crippen molar-refractivity contribution in [1.82, 2.24) is 5.32 Å². The molecule has 23 heavy (non-hydrogen) atoms. The summed E-state index contributed by atoms with van der Waals surface area (Å²) in [6.07, 6.45) is 3.56. The molecular formula is C18H26N2O3. The molecule has 1 heterocycles. The summed E-state index contributed by atoms with van der Waals surface area (Å²) in [6.45, 7) is 2.25. The highest BCUT2D eigenvalue weighted by Gasteiger charge is 2.47. The minimum absolute atomic E-state index is 0.0171. The van der Waals surface area contributed by atoms with Crippen LogP contribution in [0.2, 0.25) is 0 Å². The van der Waals surface area contributed by atoms with Gasteiger partial charge >= 0.3 is 0 Å². The molecule has 3 rings (SSSR count). The summed E-state index contributed by atoms with van der Waals surface area (Å²) in [6, 6.07) is 8.09. The number of para-hydroxylation sites is 1. The van der Waals surface area contributed by atoms with E-state index in [9.17, 15) is 4.79 Å². The lowest BCUT2D eigenvalue weighted by atomic mass is 9.79. The molecular weight excluding hydrogens is 292 g/mol. The zero-order chi connectivity index (χ0) is 16.3. The Labute approximate surface area is 137 Å². The Hall–Kier alpha value is -1.59. The maximum Gasteiger partial charge on any atom is 0.227 e. The Balaban J connectivity index is 1.69. The zero-order valence-corrected chi connectivity index (χ0v) is 13.8. The van der Waals surface area contributed by atoms with Crippen molar-refractivity contribution in [2.75, 3.05) is 33.4 Å². The number of hydrogen-bond donors (Lipinski definition) is 2. The van der Waals surface area contributed by atoms with Gasteiger partial charge < -0.3 is 20.5 Å². The van der Waals surface area contributed by atoms with Crippen LogP contribution in [0.25, 0.3) is 0 Å². The molecule has 1 aromatic carbocycles. The summed E-state index contributed by atoms with van der Waals surface area (Å²) >= 11 is 0. The van der Waals surface area contributed by atoms with Crippen LogP contribution in [0.5, 0.6) is 5.75 Å². The maximum atomic E-state index is 12.7. The molecule has 1 aliphatic carbocycles. The lowest BCUT2D eigenvalue weighted by Gasteiger charge is -2.35. The van der Waals surface area contributed by atoms with Crippen LogP contribution in [-0.2, 0) is 14.9 Å². The molecule has 1 aliphatic heterocycles. The number of carbonyl (C=O) groups excluding carboxylic acids is 1. The van der Waals surface area contributed by atoms with Crippen LogP contribution < -0.4 is 15.8 Å². The second kappa shape index (κ2) is 6.49. The van der Waals surface area contributed by atoms with Crippen LogP contribution in [-0.4, -0.2) is 39.3 Å². The molecule has 0 radical (unpaired) electrons. The second-order valence-corrected chi connectivity index (χ2v) is 6.76. The van der Waals surface area contributed by atoms with Gasteiger partial charge in [-0.15, -0.1) is 0 Å². The largest absolute Gasteiger partial charge is 0.496 e. The quantitative estimate of drug-likeness (QED) is 0.835. The van der Waals surface area contributed by atoms with Gasteiger partial charge in [0.25, 0.3) is 0 Å². The summed E-state index contributed by atoms with van der Waals surface area (Å²) in [4.78, 5) is 12.7. The molecule has 1 saturated carbocycles. The van der Waals surface area contributed by atoms with Crippen LogP contribution in [0.15, 0.2) is 24.3 Å². The van der Waals surface area contributed by atoms with Gasteiger partial charge in [-0.1, -0.05) is 18.2 Å². The Kier molecular flexibility index (Phi) is 4.60. The third-order valence-electron chi connectivity index (χ3n) is 5.44. The molecule has 0 unspecified atom stereocenters. The molecule has 0 aromatic heterocycles. The van der Waals surface area contributed by atoms with E-state index in [1.165, 1.54) is 5.56 Å². The highest BCUT2D eigenvalue weighted by atomic mass is 16.5. The average Bonchev–Trinajstić information content (AvgIpc) is 3.41. The predicted molar refractivity (Wildman–Crippen MR) is 88.5 cm³/mol. The van der Waals surface area contributed by atoms with E-state index in [0.29, 0.717) is 39.1 Å². The monoisotopic (exact) mass is 318 g/mol. The zero-order valence-electron chi connectivity index (χ0n) is 13.8. The van der Waals surface area contributed by atoms with Crippen molar-refractivity contribution in [3.05, 3.63) is 29.8 Å². The first kappa shape index (κ1) is 16.3. The lowest BCUT2D eigenvalue weighted by molar-refractivity contribution is -0.136. The fourth-order valence-corrected chi connectivity index (χ4v) is 3.50.